The molecule has 1 aromatic heterocycles. The number of hydrogen-bond donors (Lipinski definition) is 1. The van der Waals surface area contributed by atoms with Gasteiger partial charge in [-0.1, -0.05) is 6.92 Å². The Kier molecular flexibility index (Phi) is 3.52. The molecule has 1 N–H and O–H groups in total. The van der Waals surface area contributed by atoms with Gasteiger partial charge in [0.1, 0.15) is 0 Å². The standard InChI is InChI=1S/C10H16N4/c1-4-9-10(7-14(3)13-9)12-6-8(2)5-11/h7-8,12H,4,6H2,1-3H3. The highest BCUT2D eigenvalue weighted by Gasteiger charge is 2.06. The minimum absolute atomic E-state index is 0.0277. The molecule has 1 atom stereocenters. The second-order valence-corrected chi connectivity index (χ2v) is 3.43. The Bertz CT molecular complexity index is 334. The van der Waals surface area contributed by atoms with Gasteiger partial charge in [-0.3, -0.25) is 4.68 Å². The lowest BCUT2D eigenvalue weighted by molar-refractivity contribution is 0.746. The summed E-state index contributed by atoms with van der Waals surface area (Å²) in [6, 6.07) is 2.19. The molecule has 1 aromatic rings. The monoisotopic (exact) mass is 192 g/mol. The zero-order valence-corrected chi connectivity index (χ0v) is 8.91. The Balaban J connectivity index is 2.62. The third-order valence-electron chi connectivity index (χ3n) is 2.06. The first kappa shape index (κ1) is 10.6. The summed E-state index contributed by atoms with van der Waals surface area (Å²) in [6.45, 7) is 4.64. The molecule has 0 bridgehead atoms. The van der Waals surface area contributed by atoms with Crippen molar-refractivity contribution in [3.05, 3.63) is 11.9 Å². The molecule has 1 rings (SSSR count). The minimum Gasteiger partial charge on any atom is -0.381 e. The molecule has 1 heterocycles. The van der Waals surface area contributed by atoms with Crippen molar-refractivity contribution >= 4 is 5.69 Å². The molecule has 4 heteroatoms. The second kappa shape index (κ2) is 4.66. The molecule has 76 valence electrons. The lowest BCUT2D eigenvalue weighted by Gasteiger charge is -2.05. The fourth-order valence-corrected chi connectivity index (χ4v) is 1.25. The number of nitrogens with zero attached hydrogens (tertiary/aromatic N) is 3. The number of rotatable bonds is 4. The number of aryl methyl sites for hydroxylation is 2. The molecule has 0 aliphatic heterocycles. The fraction of sp³-hybridized carbons (Fsp3) is 0.600. The van der Waals surface area contributed by atoms with E-state index in [1.54, 1.807) is 4.68 Å². The van der Waals surface area contributed by atoms with Gasteiger partial charge in [-0.05, 0) is 13.3 Å². The molecule has 0 amide bonds. The Hall–Kier alpha value is -1.50. The molecule has 0 aromatic carbocycles. The van der Waals surface area contributed by atoms with Crippen molar-refractivity contribution in [3.63, 3.8) is 0 Å². The zero-order chi connectivity index (χ0) is 10.6. The Morgan fingerprint density at radius 1 is 1.71 bits per heavy atom. The van der Waals surface area contributed by atoms with Crippen LogP contribution in [0.3, 0.4) is 0 Å². The van der Waals surface area contributed by atoms with E-state index in [4.69, 9.17) is 5.26 Å². The van der Waals surface area contributed by atoms with Gasteiger partial charge < -0.3 is 5.32 Å². The van der Waals surface area contributed by atoms with Crippen LogP contribution in [-0.2, 0) is 13.5 Å². The predicted octanol–water partition coefficient (Wildman–Crippen LogP) is 1.55. The summed E-state index contributed by atoms with van der Waals surface area (Å²) >= 11 is 0. The van der Waals surface area contributed by atoms with Gasteiger partial charge in [-0.2, -0.15) is 10.4 Å². The van der Waals surface area contributed by atoms with Crippen LogP contribution in [0.25, 0.3) is 0 Å². The summed E-state index contributed by atoms with van der Waals surface area (Å²) in [5.74, 6) is 0.0277. The number of nitrogens with one attached hydrogen (secondary N) is 1. The molecule has 0 fully saturated rings. The highest BCUT2D eigenvalue weighted by molar-refractivity contribution is 5.46. The van der Waals surface area contributed by atoms with Gasteiger partial charge in [-0.15, -0.1) is 0 Å². The topological polar surface area (TPSA) is 53.6 Å². The number of aromatic nitrogens is 2. The molecule has 0 saturated heterocycles. The average Bonchev–Trinajstić information content (AvgIpc) is 2.55. The number of nitriles is 1. The van der Waals surface area contributed by atoms with Crippen molar-refractivity contribution in [2.75, 3.05) is 11.9 Å². The van der Waals surface area contributed by atoms with E-state index >= 15 is 0 Å². The van der Waals surface area contributed by atoms with Gasteiger partial charge in [0.25, 0.3) is 0 Å². The van der Waals surface area contributed by atoms with Crippen molar-refractivity contribution in [1.29, 1.82) is 5.26 Å². The second-order valence-electron chi connectivity index (χ2n) is 3.43. The molecule has 4 nitrogen and oxygen atoms in total. The number of anilines is 1. The first-order chi connectivity index (χ1) is 6.67. The Morgan fingerprint density at radius 2 is 2.43 bits per heavy atom. The van der Waals surface area contributed by atoms with E-state index in [1.165, 1.54) is 0 Å². The molecule has 0 aliphatic carbocycles. The molecule has 0 radical (unpaired) electrons. The summed E-state index contributed by atoms with van der Waals surface area (Å²) in [5.41, 5.74) is 2.09. The summed E-state index contributed by atoms with van der Waals surface area (Å²) in [4.78, 5) is 0. The van der Waals surface area contributed by atoms with Crippen LogP contribution in [0.1, 0.15) is 19.5 Å². The average molecular weight is 192 g/mol. The molecule has 14 heavy (non-hydrogen) atoms. The molecular formula is C10H16N4. The third kappa shape index (κ3) is 2.49. The van der Waals surface area contributed by atoms with Crippen LogP contribution in [0.2, 0.25) is 0 Å². The summed E-state index contributed by atoms with van der Waals surface area (Å²) in [7, 11) is 1.90. The lowest BCUT2D eigenvalue weighted by atomic mass is 10.2. The summed E-state index contributed by atoms with van der Waals surface area (Å²) in [6.07, 6.45) is 2.85. The van der Waals surface area contributed by atoms with Crippen LogP contribution in [-0.4, -0.2) is 16.3 Å². The van der Waals surface area contributed by atoms with Crippen LogP contribution < -0.4 is 5.32 Å². The van der Waals surface area contributed by atoms with Crippen LogP contribution in [0.5, 0.6) is 0 Å². The first-order valence-corrected chi connectivity index (χ1v) is 4.83. The maximum absolute atomic E-state index is 8.63. The fourth-order valence-electron chi connectivity index (χ4n) is 1.25. The van der Waals surface area contributed by atoms with E-state index in [0.717, 1.165) is 17.8 Å². The van der Waals surface area contributed by atoms with Crippen LogP contribution in [0.4, 0.5) is 5.69 Å². The van der Waals surface area contributed by atoms with Crippen molar-refractivity contribution in [2.45, 2.75) is 20.3 Å². The van der Waals surface area contributed by atoms with E-state index in [0.29, 0.717) is 6.54 Å². The van der Waals surface area contributed by atoms with Gasteiger partial charge in [0, 0.05) is 19.8 Å². The molecular weight excluding hydrogens is 176 g/mol. The van der Waals surface area contributed by atoms with Crippen molar-refractivity contribution in [1.82, 2.24) is 9.78 Å². The van der Waals surface area contributed by atoms with Crippen molar-refractivity contribution in [3.8, 4) is 6.07 Å². The number of hydrogen-bond acceptors (Lipinski definition) is 3. The smallest absolute Gasteiger partial charge is 0.0853 e. The van der Waals surface area contributed by atoms with Crippen molar-refractivity contribution < 1.29 is 0 Å². The zero-order valence-electron chi connectivity index (χ0n) is 8.91. The highest BCUT2D eigenvalue weighted by atomic mass is 15.3. The largest absolute Gasteiger partial charge is 0.381 e. The maximum Gasteiger partial charge on any atom is 0.0853 e. The Morgan fingerprint density at radius 3 is 3.00 bits per heavy atom. The summed E-state index contributed by atoms with van der Waals surface area (Å²) in [5, 5.41) is 16.2. The van der Waals surface area contributed by atoms with E-state index in [2.05, 4.69) is 23.4 Å². The predicted molar refractivity (Wildman–Crippen MR) is 55.9 cm³/mol. The molecule has 0 aliphatic rings. The summed E-state index contributed by atoms with van der Waals surface area (Å²) < 4.78 is 1.79. The molecule has 0 spiro atoms. The third-order valence-corrected chi connectivity index (χ3v) is 2.06. The van der Waals surface area contributed by atoms with Gasteiger partial charge >= 0.3 is 0 Å². The molecule has 1 unspecified atom stereocenters. The minimum atomic E-state index is 0.0277. The van der Waals surface area contributed by atoms with E-state index in [9.17, 15) is 0 Å². The van der Waals surface area contributed by atoms with E-state index < -0.39 is 0 Å². The van der Waals surface area contributed by atoms with Gasteiger partial charge in [-0.25, -0.2) is 0 Å². The first-order valence-electron chi connectivity index (χ1n) is 4.83. The highest BCUT2D eigenvalue weighted by Crippen LogP contribution is 2.13. The van der Waals surface area contributed by atoms with Crippen LogP contribution in [0.15, 0.2) is 6.20 Å². The molecule has 0 saturated carbocycles. The van der Waals surface area contributed by atoms with Gasteiger partial charge in [0.05, 0.1) is 23.4 Å². The van der Waals surface area contributed by atoms with Crippen LogP contribution in [0, 0.1) is 17.2 Å². The normalized spacial score (nSPS) is 12.1. The van der Waals surface area contributed by atoms with Gasteiger partial charge in [0.15, 0.2) is 0 Å². The van der Waals surface area contributed by atoms with Gasteiger partial charge in [0.2, 0.25) is 0 Å². The maximum atomic E-state index is 8.63. The lowest BCUT2D eigenvalue weighted by Crippen LogP contribution is -2.09. The van der Waals surface area contributed by atoms with E-state index in [-0.39, 0.29) is 5.92 Å². The Labute approximate surface area is 84.5 Å². The van der Waals surface area contributed by atoms with Crippen LogP contribution >= 0.6 is 0 Å². The van der Waals surface area contributed by atoms with E-state index in [1.807, 2.05) is 20.2 Å². The SMILES string of the molecule is CCc1nn(C)cc1NCC(C)C#N. The quantitative estimate of drug-likeness (QED) is 0.787. The van der Waals surface area contributed by atoms with Crippen molar-refractivity contribution in [2.24, 2.45) is 13.0 Å².